The first kappa shape index (κ1) is 26.1. The van der Waals surface area contributed by atoms with E-state index in [0.717, 1.165) is 12.8 Å². The Morgan fingerprint density at radius 2 is 1.79 bits per heavy atom. The summed E-state index contributed by atoms with van der Waals surface area (Å²) in [6.07, 6.45) is 27.6. The molecule has 1 N–H and O–H groups in total. The summed E-state index contributed by atoms with van der Waals surface area (Å²) in [5, 5.41) is 13.4. The van der Waals surface area contributed by atoms with Crippen LogP contribution in [-0.2, 0) is 6.42 Å². The Balaban J connectivity index is 1.26. The van der Waals surface area contributed by atoms with Crippen molar-refractivity contribution in [1.29, 1.82) is 0 Å². The fourth-order valence-electron chi connectivity index (χ4n) is 11.7. The van der Waals surface area contributed by atoms with E-state index in [9.17, 15) is 5.11 Å². The van der Waals surface area contributed by atoms with E-state index < -0.39 is 5.60 Å². The number of rotatable bonds is 5. The molecule has 0 aromatic heterocycles. The van der Waals surface area contributed by atoms with Crippen LogP contribution in [0, 0.1) is 39.9 Å². The Bertz CT molecular complexity index is 1210. The third kappa shape index (κ3) is 3.54. The minimum atomic E-state index is -0.533. The van der Waals surface area contributed by atoms with Gasteiger partial charge in [-0.3, -0.25) is 0 Å². The van der Waals surface area contributed by atoms with Crippen molar-refractivity contribution in [3.63, 3.8) is 0 Å². The highest BCUT2D eigenvalue weighted by Gasteiger charge is 2.70. The number of hydrogen-bond donors (Lipinski definition) is 1. The maximum atomic E-state index is 13.4. The van der Waals surface area contributed by atoms with Crippen molar-refractivity contribution in [1.82, 2.24) is 0 Å². The maximum absolute atomic E-state index is 13.4. The third-order valence-corrected chi connectivity index (χ3v) is 13.5. The number of hydrogen-bond acceptors (Lipinski definition) is 1. The Morgan fingerprint density at radius 3 is 2.56 bits per heavy atom. The van der Waals surface area contributed by atoms with Gasteiger partial charge in [-0.25, -0.2) is 0 Å². The number of aryl methyl sites for hydroxylation is 1. The van der Waals surface area contributed by atoms with Gasteiger partial charge in [0.05, 0.1) is 5.60 Å². The number of allylic oxidation sites excluding steroid dienone is 7. The van der Waals surface area contributed by atoms with E-state index >= 15 is 0 Å². The predicted octanol–water partition coefficient (Wildman–Crippen LogP) is 9.54. The Kier molecular flexibility index (Phi) is 6.24. The summed E-state index contributed by atoms with van der Waals surface area (Å²) in [7, 11) is 0. The molecule has 7 atom stereocenters. The largest absolute Gasteiger partial charge is 0.389 e. The van der Waals surface area contributed by atoms with Gasteiger partial charge in [0.1, 0.15) is 0 Å². The molecule has 6 aliphatic rings. The lowest BCUT2D eigenvalue weighted by Gasteiger charge is -2.60. The fourth-order valence-corrected chi connectivity index (χ4v) is 11.7. The van der Waals surface area contributed by atoms with Crippen LogP contribution in [0.15, 0.2) is 77.9 Å². The number of aliphatic hydroxyl groups is 1. The van der Waals surface area contributed by atoms with E-state index in [2.05, 4.69) is 75.1 Å². The molecule has 1 aromatic carbocycles. The molecule has 4 saturated carbocycles. The first-order chi connectivity index (χ1) is 18.9. The average molecular weight is 523 g/mol. The zero-order valence-electron chi connectivity index (χ0n) is 24.6. The van der Waals surface area contributed by atoms with Crippen LogP contribution in [0.5, 0.6) is 0 Å². The molecule has 39 heavy (non-hydrogen) atoms. The van der Waals surface area contributed by atoms with Gasteiger partial charge in [0.15, 0.2) is 0 Å². The van der Waals surface area contributed by atoms with E-state index in [4.69, 9.17) is 0 Å². The van der Waals surface area contributed by atoms with Crippen molar-refractivity contribution in [2.75, 3.05) is 0 Å². The molecular weight excluding hydrogens is 472 g/mol. The smallest absolute Gasteiger partial charge is 0.0765 e. The van der Waals surface area contributed by atoms with Gasteiger partial charge < -0.3 is 5.11 Å². The van der Waals surface area contributed by atoms with Crippen LogP contribution in [-0.4, -0.2) is 10.7 Å². The molecule has 0 aliphatic heterocycles. The molecule has 0 saturated heterocycles. The van der Waals surface area contributed by atoms with Crippen LogP contribution in [0.2, 0.25) is 0 Å². The molecule has 0 heterocycles. The zero-order valence-corrected chi connectivity index (χ0v) is 24.6. The normalized spacial score (nSPS) is 42.0. The van der Waals surface area contributed by atoms with Gasteiger partial charge in [-0.1, -0.05) is 90.8 Å². The first-order valence-electron chi connectivity index (χ1n) is 16.3. The summed E-state index contributed by atoms with van der Waals surface area (Å²) >= 11 is 0. The van der Waals surface area contributed by atoms with Crippen molar-refractivity contribution >= 4 is 0 Å². The summed E-state index contributed by atoms with van der Waals surface area (Å²) in [4.78, 5) is 0. The van der Waals surface area contributed by atoms with E-state index in [1.165, 1.54) is 93.8 Å². The lowest BCUT2D eigenvalue weighted by atomic mass is 9.44. The topological polar surface area (TPSA) is 20.2 Å². The maximum Gasteiger partial charge on any atom is 0.0765 e. The van der Waals surface area contributed by atoms with Crippen LogP contribution in [0.1, 0.15) is 103 Å². The Morgan fingerprint density at radius 1 is 1.00 bits per heavy atom. The van der Waals surface area contributed by atoms with Crippen LogP contribution in [0.25, 0.3) is 0 Å². The third-order valence-electron chi connectivity index (χ3n) is 13.5. The highest BCUT2D eigenvalue weighted by Crippen LogP contribution is 2.75. The molecule has 4 fully saturated rings. The van der Waals surface area contributed by atoms with Crippen molar-refractivity contribution in [3.05, 3.63) is 83.5 Å². The molecule has 6 aliphatic carbocycles. The molecule has 208 valence electrons. The van der Waals surface area contributed by atoms with Crippen LogP contribution in [0.4, 0.5) is 0 Å². The van der Waals surface area contributed by atoms with E-state index in [-0.39, 0.29) is 16.2 Å². The van der Waals surface area contributed by atoms with Crippen LogP contribution in [0.3, 0.4) is 0 Å². The summed E-state index contributed by atoms with van der Waals surface area (Å²) in [5.74, 6) is 1.90. The number of benzene rings is 1. The standard InChI is InChI=1S/C38H50O/c1-27(2)30-16-24-36-21-9-12-32-33(18-25-37(32,36)23-15-28(3)34(36)26-30)38(39)31(14-13-29-10-5-4-6-11-29)17-22-35(38)19-7-8-20-35/h4-6,9-12,15,23,30-33,39H,1,7-8,13-14,16-22,24-26H2,2-3H3/t30-,31-,32-,33+,36-,37+,38+/m1/s1. The molecule has 1 heteroatoms. The van der Waals surface area contributed by atoms with Gasteiger partial charge in [-0.05, 0) is 126 Å². The fraction of sp³-hybridized carbons (Fsp3) is 0.632. The second kappa shape index (κ2) is 9.34. The lowest BCUT2D eigenvalue weighted by Crippen LogP contribution is -2.57. The lowest BCUT2D eigenvalue weighted by molar-refractivity contribution is -0.148. The van der Waals surface area contributed by atoms with Crippen LogP contribution >= 0.6 is 0 Å². The molecule has 1 nitrogen and oxygen atoms in total. The van der Waals surface area contributed by atoms with Gasteiger partial charge >= 0.3 is 0 Å². The minimum Gasteiger partial charge on any atom is -0.389 e. The molecule has 0 unspecified atom stereocenters. The second-order valence-corrected chi connectivity index (χ2v) is 14.8. The predicted molar refractivity (Wildman–Crippen MR) is 162 cm³/mol. The summed E-state index contributed by atoms with van der Waals surface area (Å²) in [6, 6.07) is 11.0. The SMILES string of the molecule is C=C(C)[C@@H]1CC[C@@]23CC=C[C@@H]4[C@@H]([C@@]5(O)[C@H](CCc6ccccc6)CCC56CCCC6)CC[C@@]42C=CC(C)=C3C1. The molecule has 1 aromatic rings. The average Bonchev–Trinajstić information content (AvgIpc) is 3.65. The molecular formula is C38H50O. The van der Waals surface area contributed by atoms with E-state index in [0.29, 0.717) is 23.7 Å². The van der Waals surface area contributed by atoms with Crippen LogP contribution < -0.4 is 0 Å². The van der Waals surface area contributed by atoms with Crippen molar-refractivity contribution in [2.24, 2.45) is 39.9 Å². The summed E-state index contributed by atoms with van der Waals surface area (Å²) in [5.41, 5.74) is 6.12. The molecule has 7 rings (SSSR count). The van der Waals surface area contributed by atoms with E-state index in [1.807, 2.05) is 0 Å². The second-order valence-electron chi connectivity index (χ2n) is 14.8. The quantitative estimate of drug-likeness (QED) is 0.382. The Labute approximate surface area is 237 Å². The van der Waals surface area contributed by atoms with Gasteiger partial charge in [0.2, 0.25) is 0 Å². The van der Waals surface area contributed by atoms with Gasteiger partial charge in [0, 0.05) is 10.8 Å². The van der Waals surface area contributed by atoms with Gasteiger partial charge in [0.25, 0.3) is 0 Å². The molecule has 3 spiro atoms. The molecule has 0 amide bonds. The van der Waals surface area contributed by atoms with E-state index in [1.54, 1.807) is 5.57 Å². The monoisotopic (exact) mass is 522 g/mol. The van der Waals surface area contributed by atoms with Crippen molar-refractivity contribution in [2.45, 2.75) is 109 Å². The Hall–Kier alpha value is -1.86. The summed E-state index contributed by atoms with van der Waals surface area (Å²) in [6.45, 7) is 9.00. The van der Waals surface area contributed by atoms with Crippen molar-refractivity contribution in [3.8, 4) is 0 Å². The molecule has 0 radical (unpaired) electrons. The van der Waals surface area contributed by atoms with Crippen molar-refractivity contribution < 1.29 is 5.11 Å². The highest BCUT2D eigenvalue weighted by atomic mass is 16.3. The highest BCUT2D eigenvalue weighted by molar-refractivity contribution is 5.45. The first-order valence-corrected chi connectivity index (χ1v) is 16.3. The zero-order chi connectivity index (χ0) is 26.9. The molecule has 0 bridgehead atoms. The van der Waals surface area contributed by atoms with Gasteiger partial charge in [-0.2, -0.15) is 0 Å². The summed E-state index contributed by atoms with van der Waals surface area (Å²) < 4.78 is 0. The van der Waals surface area contributed by atoms with Gasteiger partial charge in [-0.15, -0.1) is 0 Å². The minimum absolute atomic E-state index is 0.146.